The van der Waals surface area contributed by atoms with Crippen LogP contribution in [0.4, 0.5) is 11.4 Å². The Kier molecular flexibility index (Phi) is 5.18. The lowest BCUT2D eigenvalue weighted by Crippen LogP contribution is -2.33. The molecule has 4 rings (SSSR count). The average Bonchev–Trinajstić information content (AvgIpc) is 3.12. The van der Waals surface area contributed by atoms with Gasteiger partial charge in [-0.1, -0.05) is 30.3 Å². The Morgan fingerprint density at radius 2 is 1.96 bits per heavy atom. The maximum absolute atomic E-state index is 12.6. The van der Waals surface area contributed by atoms with Crippen molar-refractivity contribution in [2.24, 2.45) is 5.10 Å². The molecular weight excluding hydrogens is 340 g/mol. The number of anilines is 2. The van der Waals surface area contributed by atoms with Gasteiger partial charge in [-0.25, -0.2) is 0 Å². The largest absolute Gasteiger partial charge is 0.371 e. The third-order valence-electron chi connectivity index (χ3n) is 4.89. The Hall–Kier alpha value is -2.70. The van der Waals surface area contributed by atoms with Gasteiger partial charge in [0.25, 0.3) is 5.91 Å². The van der Waals surface area contributed by atoms with Gasteiger partial charge in [0.05, 0.1) is 24.4 Å². The number of amides is 1. The summed E-state index contributed by atoms with van der Waals surface area (Å²) in [6.45, 7) is 4.50. The van der Waals surface area contributed by atoms with Gasteiger partial charge in [-0.3, -0.25) is 9.80 Å². The van der Waals surface area contributed by atoms with Crippen LogP contribution in [-0.4, -0.2) is 37.4 Å². The Labute approximate surface area is 159 Å². The summed E-state index contributed by atoms with van der Waals surface area (Å²) < 4.78 is 5.76. The second kappa shape index (κ2) is 7.90. The van der Waals surface area contributed by atoms with Crippen molar-refractivity contribution in [3.8, 4) is 0 Å². The standard InChI is InChI=1S/C21H24N4O2/c1-15-13-19(24-25(15)18-5-3-2-4-6-18)21(26)23-17-9-7-16(8-10-17)20-14-22-11-12-27-20/h2-10,15,20,22H,11-14H2,1H3,(H,23,26)/t15?,20-/m1/s1. The molecule has 0 aromatic heterocycles. The van der Waals surface area contributed by atoms with E-state index in [0.29, 0.717) is 12.1 Å². The number of carbonyl (C=O) groups excluding carboxylic acids is 1. The second-order valence-corrected chi connectivity index (χ2v) is 6.92. The molecule has 1 fully saturated rings. The maximum atomic E-state index is 12.6. The summed E-state index contributed by atoms with van der Waals surface area (Å²) in [6.07, 6.45) is 0.698. The number of ether oxygens (including phenoxy) is 1. The fraction of sp³-hybridized carbons (Fsp3) is 0.333. The fourth-order valence-corrected chi connectivity index (χ4v) is 3.43. The number of morpholine rings is 1. The number of carbonyl (C=O) groups is 1. The van der Waals surface area contributed by atoms with Crippen LogP contribution in [0, 0.1) is 0 Å². The van der Waals surface area contributed by atoms with Crippen molar-refractivity contribution in [1.29, 1.82) is 0 Å². The van der Waals surface area contributed by atoms with Gasteiger partial charge in [0, 0.05) is 25.2 Å². The summed E-state index contributed by atoms with van der Waals surface area (Å²) in [7, 11) is 0. The van der Waals surface area contributed by atoms with Crippen molar-refractivity contribution in [2.45, 2.75) is 25.5 Å². The summed E-state index contributed by atoms with van der Waals surface area (Å²) in [5.41, 5.74) is 3.43. The van der Waals surface area contributed by atoms with Crippen molar-refractivity contribution in [2.75, 3.05) is 30.0 Å². The molecule has 6 nitrogen and oxygen atoms in total. The van der Waals surface area contributed by atoms with E-state index in [1.807, 2.05) is 59.6 Å². The van der Waals surface area contributed by atoms with Crippen LogP contribution < -0.4 is 15.6 Å². The van der Waals surface area contributed by atoms with E-state index in [1.54, 1.807) is 0 Å². The van der Waals surface area contributed by atoms with Gasteiger partial charge >= 0.3 is 0 Å². The van der Waals surface area contributed by atoms with Gasteiger partial charge in [-0.05, 0) is 36.8 Å². The Morgan fingerprint density at radius 1 is 1.19 bits per heavy atom. The van der Waals surface area contributed by atoms with E-state index in [2.05, 4.69) is 22.7 Å². The van der Waals surface area contributed by atoms with Crippen molar-refractivity contribution in [1.82, 2.24) is 5.32 Å². The lowest BCUT2D eigenvalue weighted by atomic mass is 10.1. The number of benzene rings is 2. The SMILES string of the molecule is CC1CC(C(=O)Nc2ccc([C@H]3CNCCO3)cc2)=NN1c1ccccc1. The first-order valence-corrected chi connectivity index (χ1v) is 9.36. The number of para-hydroxylation sites is 1. The number of nitrogens with zero attached hydrogens (tertiary/aromatic N) is 2. The molecule has 1 amide bonds. The van der Waals surface area contributed by atoms with Crippen LogP contribution in [0.3, 0.4) is 0 Å². The Morgan fingerprint density at radius 3 is 2.67 bits per heavy atom. The quantitative estimate of drug-likeness (QED) is 0.875. The van der Waals surface area contributed by atoms with Gasteiger partial charge < -0.3 is 15.4 Å². The molecule has 2 atom stereocenters. The third-order valence-corrected chi connectivity index (χ3v) is 4.89. The van der Waals surface area contributed by atoms with Crippen LogP contribution in [-0.2, 0) is 9.53 Å². The summed E-state index contributed by atoms with van der Waals surface area (Å²) in [6, 6.07) is 17.9. The van der Waals surface area contributed by atoms with Gasteiger partial charge in [-0.2, -0.15) is 5.10 Å². The minimum absolute atomic E-state index is 0.0722. The van der Waals surface area contributed by atoms with E-state index < -0.39 is 0 Å². The molecule has 0 bridgehead atoms. The monoisotopic (exact) mass is 364 g/mol. The molecule has 1 saturated heterocycles. The molecule has 2 aliphatic heterocycles. The summed E-state index contributed by atoms with van der Waals surface area (Å²) >= 11 is 0. The maximum Gasteiger partial charge on any atom is 0.271 e. The summed E-state index contributed by atoms with van der Waals surface area (Å²) in [4.78, 5) is 12.6. The fourth-order valence-electron chi connectivity index (χ4n) is 3.43. The minimum Gasteiger partial charge on any atom is -0.371 e. The van der Waals surface area contributed by atoms with Crippen LogP contribution in [0.2, 0.25) is 0 Å². The second-order valence-electron chi connectivity index (χ2n) is 6.92. The van der Waals surface area contributed by atoms with Crippen LogP contribution in [0.5, 0.6) is 0 Å². The Balaban J connectivity index is 1.41. The highest BCUT2D eigenvalue weighted by Crippen LogP contribution is 2.25. The van der Waals surface area contributed by atoms with Crippen LogP contribution in [0.25, 0.3) is 0 Å². The predicted molar refractivity (Wildman–Crippen MR) is 107 cm³/mol. The van der Waals surface area contributed by atoms with Crippen LogP contribution in [0.15, 0.2) is 59.7 Å². The highest BCUT2D eigenvalue weighted by Gasteiger charge is 2.28. The van der Waals surface area contributed by atoms with Gasteiger partial charge in [0.1, 0.15) is 5.71 Å². The van der Waals surface area contributed by atoms with E-state index in [1.165, 1.54) is 0 Å². The molecule has 2 aromatic carbocycles. The van der Waals surface area contributed by atoms with Crippen molar-refractivity contribution in [3.05, 3.63) is 60.2 Å². The average molecular weight is 364 g/mol. The molecule has 2 N–H and O–H groups in total. The van der Waals surface area contributed by atoms with Crippen molar-refractivity contribution < 1.29 is 9.53 Å². The van der Waals surface area contributed by atoms with Gasteiger partial charge in [-0.15, -0.1) is 0 Å². The van der Waals surface area contributed by atoms with Crippen LogP contribution >= 0.6 is 0 Å². The molecule has 140 valence electrons. The van der Waals surface area contributed by atoms with E-state index in [4.69, 9.17) is 4.74 Å². The molecule has 0 spiro atoms. The molecule has 0 radical (unpaired) electrons. The number of hydrazone groups is 1. The molecule has 1 unspecified atom stereocenters. The van der Waals surface area contributed by atoms with E-state index in [0.717, 1.165) is 36.6 Å². The van der Waals surface area contributed by atoms with Crippen molar-refractivity contribution in [3.63, 3.8) is 0 Å². The number of nitrogens with one attached hydrogen (secondary N) is 2. The molecule has 0 saturated carbocycles. The number of hydrogen-bond acceptors (Lipinski definition) is 5. The first kappa shape index (κ1) is 17.7. The molecule has 0 aliphatic carbocycles. The normalized spacial score (nSPS) is 22.4. The lowest BCUT2D eigenvalue weighted by Gasteiger charge is -2.24. The zero-order valence-electron chi connectivity index (χ0n) is 15.4. The first-order valence-electron chi connectivity index (χ1n) is 9.36. The van der Waals surface area contributed by atoms with Crippen molar-refractivity contribution >= 4 is 23.0 Å². The topological polar surface area (TPSA) is 66.0 Å². The summed E-state index contributed by atoms with van der Waals surface area (Å²) in [5.74, 6) is -0.149. The molecule has 2 aliphatic rings. The van der Waals surface area contributed by atoms with Gasteiger partial charge in [0.15, 0.2) is 0 Å². The third kappa shape index (κ3) is 4.02. The predicted octanol–water partition coefficient (Wildman–Crippen LogP) is 2.94. The zero-order valence-corrected chi connectivity index (χ0v) is 15.4. The lowest BCUT2D eigenvalue weighted by molar-refractivity contribution is -0.110. The van der Waals surface area contributed by atoms with E-state index in [9.17, 15) is 4.79 Å². The first-order chi connectivity index (χ1) is 13.2. The molecular formula is C21H24N4O2. The van der Waals surface area contributed by atoms with Gasteiger partial charge in [0.2, 0.25) is 0 Å². The van der Waals surface area contributed by atoms with E-state index in [-0.39, 0.29) is 18.1 Å². The molecule has 2 aromatic rings. The highest BCUT2D eigenvalue weighted by molar-refractivity contribution is 6.43. The molecule has 6 heteroatoms. The minimum atomic E-state index is -0.149. The Bertz CT molecular complexity index is 814. The molecule has 2 heterocycles. The number of rotatable bonds is 4. The summed E-state index contributed by atoms with van der Waals surface area (Å²) in [5, 5.41) is 12.7. The van der Waals surface area contributed by atoms with Crippen LogP contribution in [0.1, 0.15) is 25.0 Å². The molecule has 27 heavy (non-hydrogen) atoms. The number of hydrogen-bond donors (Lipinski definition) is 2. The van der Waals surface area contributed by atoms with E-state index >= 15 is 0 Å². The smallest absolute Gasteiger partial charge is 0.271 e. The highest BCUT2D eigenvalue weighted by atomic mass is 16.5. The zero-order chi connectivity index (χ0) is 18.6.